The van der Waals surface area contributed by atoms with Crippen LogP contribution in [-0.4, -0.2) is 53.6 Å². The minimum atomic E-state index is 0.153. The molecule has 0 bridgehead atoms. The fourth-order valence-electron chi connectivity index (χ4n) is 4.40. The molecule has 0 saturated carbocycles. The second-order valence-corrected chi connectivity index (χ2v) is 8.06. The van der Waals surface area contributed by atoms with Gasteiger partial charge in [-0.2, -0.15) is 0 Å². The third-order valence-electron chi connectivity index (χ3n) is 6.19. The molecule has 2 aliphatic rings. The molecule has 1 fully saturated rings. The zero-order valence-corrected chi connectivity index (χ0v) is 16.8. The van der Waals surface area contributed by atoms with Crippen molar-refractivity contribution in [1.82, 2.24) is 15.0 Å². The number of amides is 1. The van der Waals surface area contributed by atoms with Gasteiger partial charge >= 0.3 is 0 Å². The van der Waals surface area contributed by atoms with Crippen LogP contribution in [0.25, 0.3) is 11.0 Å². The third kappa shape index (κ3) is 3.60. The van der Waals surface area contributed by atoms with Gasteiger partial charge in [0.1, 0.15) is 0 Å². The topological polar surface area (TPSA) is 52.8 Å². The Balaban J connectivity index is 1.16. The average Bonchev–Trinajstić information content (AvgIpc) is 3.37. The lowest BCUT2D eigenvalue weighted by molar-refractivity contribution is -0.129. The smallest absolute Gasteiger partial charge is 0.220 e. The lowest BCUT2D eigenvalue weighted by Crippen LogP contribution is -2.47. The Bertz CT molecular complexity index is 1040. The summed E-state index contributed by atoms with van der Waals surface area (Å²) in [6.45, 7) is 8.21. The van der Waals surface area contributed by atoms with Gasteiger partial charge in [0.25, 0.3) is 0 Å². The number of rotatable bonds is 4. The zero-order chi connectivity index (χ0) is 19.8. The summed E-state index contributed by atoms with van der Waals surface area (Å²) in [7, 11) is 0. The molecule has 6 heteroatoms. The predicted molar refractivity (Wildman–Crippen MR) is 113 cm³/mol. The van der Waals surface area contributed by atoms with Crippen LogP contribution in [0.15, 0.2) is 47.0 Å². The Labute approximate surface area is 170 Å². The summed E-state index contributed by atoms with van der Waals surface area (Å²) < 4.78 is 5.46. The Kier molecular flexibility index (Phi) is 4.72. The van der Waals surface area contributed by atoms with Crippen molar-refractivity contribution in [3.8, 4) is 0 Å². The molecule has 6 nitrogen and oxygen atoms in total. The highest BCUT2D eigenvalue weighted by atomic mass is 16.5. The van der Waals surface area contributed by atoms with Gasteiger partial charge in [0.15, 0.2) is 11.4 Å². The van der Waals surface area contributed by atoms with Crippen LogP contribution < -0.4 is 4.90 Å². The number of piperazine rings is 1. The number of para-hydroxylation sites is 1. The van der Waals surface area contributed by atoms with E-state index >= 15 is 0 Å². The molecule has 2 aliphatic heterocycles. The molecule has 0 spiro atoms. The number of benzene rings is 2. The summed E-state index contributed by atoms with van der Waals surface area (Å²) in [6, 6.07) is 14.8. The maximum absolute atomic E-state index is 11.6. The fraction of sp³-hybridized carbons (Fsp3) is 0.391. The maximum atomic E-state index is 11.6. The van der Waals surface area contributed by atoms with Gasteiger partial charge in [0.05, 0.1) is 5.39 Å². The van der Waals surface area contributed by atoms with Crippen molar-refractivity contribution in [1.29, 1.82) is 0 Å². The maximum Gasteiger partial charge on any atom is 0.220 e. The van der Waals surface area contributed by atoms with E-state index < -0.39 is 0 Å². The molecule has 0 atom stereocenters. The van der Waals surface area contributed by atoms with Gasteiger partial charge in [-0.05, 0) is 35.2 Å². The molecule has 3 heterocycles. The molecule has 0 radical (unpaired) electrons. The van der Waals surface area contributed by atoms with E-state index in [1.54, 1.807) is 6.92 Å². The normalized spacial score (nSPS) is 17.1. The monoisotopic (exact) mass is 390 g/mol. The predicted octanol–water partition coefficient (Wildman–Crippen LogP) is 3.05. The highest BCUT2D eigenvalue weighted by molar-refractivity contribution is 5.88. The number of hydrogen-bond acceptors (Lipinski definition) is 5. The summed E-state index contributed by atoms with van der Waals surface area (Å²) in [5.41, 5.74) is 4.81. The van der Waals surface area contributed by atoms with Gasteiger partial charge in [-0.15, -0.1) is 0 Å². The first-order chi connectivity index (χ1) is 14.2. The molecule has 1 amide bonds. The van der Waals surface area contributed by atoms with Crippen molar-refractivity contribution in [2.24, 2.45) is 0 Å². The Morgan fingerprint density at radius 1 is 1.03 bits per heavy atom. The summed E-state index contributed by atoms with van der Waals surface area (Å²) in [4.78, 5) is 18.4. The Morgan fingerprint density at radius 3 is 2.66 bits per heavy atom. The van der Waals surface area contributed by atoms with E-state index in [2.05, 4.69) is 39.2 Å². The van der Waals surface area contributed by atoms with E-state index in [1.165, 1.54) is 16.7 Å². The van der Waals surface area contributed by atoms with Crippen LogP contribution in [0.1, 0.15) is 23.6 Å². The first kappa shape index (κ1) is 18.2. The van der Waals surface area contributed by atoms with Gasteiger partial charge in [-0.25, -0.2) is 0 Å². The van der Waals surface area contributed by atoms with Crippen LogP contribution in [0.5, 0.6) is 0 Å². The molecule has 0 aliphatic carbocycles. The van der Waals surface area contributed by atoms with Crippen molar-refractivity contribution in [3.63, 3.8) is 0 Å². The van der Waals surface area contributed by atoms with Crippen molar-refractivity contribution in [2.75, 3.05) is 37.6 Å². The first-order valence-electron chi connectivity index (χ1n) is 10.4. The van der Waals surface area contributed by atoms with Crippen LogP contribution in [0, 0.1) is 0 Å². The van der Waals surface area contributed by atoms with Gasteiger partial charge < -0.3 is 14.3 Å². The van der Waals surface area contributed by atoms with E-state index in [1.807, 2.05) is 23.1 Å². The van der Waals surface area contributed by atoms with E-state index in [9.17, 15) is 4.79 Å². The Morgan fingerprint density at radius 2 is 1.83 bits per heavy atom. The molecular weight excluding hydrogens is 364 g/mol. The second-order valence-electron chi connectivity index (χ2n) is 8.06. The van der Waals surface area contributed by atoms with Gasteiger partial charge in [0.2, 0.25) is 5.91 Å². The number of carbonyl (C=O) groups is 1. The molecule has 150 valence electrons. The van der Waals surface area contributed by atoms with Crippen LogP contribution >= 0.6 is 0 Å². The van der Waals surface area contributed by atoms with Crippen LogP contribution in [0.2, 0.25) is 0 Å². The molecule has 0 unspecified atom stereocenters. The number of carbonyl (C=O) groups excluding carboxylic acids is 1. The van der Waals surface area contributed by atoms with E-state index in [0.29, 0.717) is 0 Å². The summed E-state index contributed by atoms with van der Waals surface area (Å²) >= 11 is 0. The van der Waals surface area contributed by atoms with Crippen molar-refractivity contribution >= 4 is 22.7 Å². The van der Waals surface area contributed by atoms with Gasteiger partial charge in [-0.3, -0.25) is 9.69 Å². The first-order valence-corrected chi connectivity index (χ1v) is 10.4. The second kappa shape index (κ2) is 7.52. The van der Waals surface area contributed by atoms with E-state index in [4.69, 9.17) is 4.52 Å². The third-order valence-corrected chi connectivity index (χ3v) is 6.19. The molecule has 29 heavy (non-hydrogen) atoms. The molecule has 5 rings (SSSR count). The average molecular weight is 390 g/mol. The van der Waals surface area contributed by atoms with Crippen LogP contribution in [0.4, 0.5) is 5.82 Å². The summed E-state index contributed by atoms with van der Waals surface area (Å²) in [5.74, 6) is 1.12. The van der Waals surface area contributed by atoms with Crippen molar-refractivity contribution in [2.45, 2.75) is 26.4 Å². The van der Waals surface area contributed by atoms with E-state index in [-0.39, 0.29) is 5.91 Å². The lowest BCUT2D eigenvalue weighted by atomic mass is 10.0. The molecule has 2 aromatic carbocycles. The largest absolute Gasteiger partial charge is 0.354 e. The van der Waals surface area contributed by atoms with Crippen LogP contribution in [0.3, 0.4) is 0 Å². The minimum absolute atomic E-state index is 0.153. The van der Waals surface area contributed by atoms with Gasteiger partial charge in [-0.1, -0.05) is 35.5 Å². The molecule has 1 saturated heterocycles. The zero-order valence-electron chi connectivity index (χ0n) is 16.8. The highest BCUT2D eigenvalue weighted by Crippen LogP contribution is 2.27. The fourth-order valence-corrected chi connectivity index (χ4v) is 4.40. The number of anilines is 1. The van der Waals surface area contributed by atoms with Crippen molar-refractivity contribution < 1.29 is 9.32 Å². The summed E-state index contributed by atoms with van der Waals surface area (Å²) in [6.07, 6.45) is 1.04. The summed E-state index contributed by atoms with van der Waals surface area (Å²) in [5, 5.41) is 5.39. The molecule has 3 aromatic rings. The lowest BCUT2D eigenvalue weighted by Gasteiger charge is -2.34. The van der Waals surface area contributed by atoms with Crippen LogP contribution in [-0.2, 0) is 24.3 Å². The molecule has 0 N–H and O–H groups in total. The SMILES string of the molecule is CC(=O)N1Cc2ccc(CCN3CCN(c4noc5ccccc45)CC3)cc2C1. The Hall–Kier alpha value is -2.86. The number of nitrogens with zero attached hydrogens (tertiary/aromatic N) is 4. The standard InChI is InChI=1S/C23H26N4O2/c1-17(28)27-15-19-7-6-18(14-20(19)16-27)8-9-25-10-12-26(13-11-25)23-21-4-2-3-5-22(21)29-24-23/h2-7,14H,8-13,15-16H2,1H3. The van der Waals surface area contributed by atoms with Gasteiger partial charge in [0, 0.05) is 52.7 Å². The number of hydrogen-bond donors (Lipinski definition) is 0. The molecule has 1 aromatic heterocycles. The molecular formula is C23H26N4O2. The highest BCUT2D eigenvalue weighted by Gasteiger charge is 2.23. The quantitative estimate of drug-likeness (QED) is 0.685. The number of aromatic nitrogens is 1. The van der Waals surface area contributed by atoms with E-state index in [0.717, 1.165) is 69.0 Å². The number of fused-ring (bicyclic) bond motifs is 2. The van der Waals surface area contributed by atoms with Crippen molar-refractivity contribution in [3.05, 3.63) is 59.2 Å². The minimum Gasteiger partial charge on any atom is -0.354 e.